The molecule has 0 bridgehead atoms. The maximum absolute atomic E-state index is 3.18. The molecule has 0 aromatic heterocycles. The molecule has 0 radical (unpaired) electrons. The normalized spacial score (nSPS) is 10.1. The third kappa shape index (κ3) is 11.3. The molecule has 0 nitrogen and oxygen atoms in total. The van der Waals surface area contributed by atoms with Gasteiger partial charge in [0.15, 0.2) is 0 Å². The standard InChI is InChI=1S/C14H24/c1-3-5-7-9-11-13-14-12-10-8-6-4-2/h5-7,10H,3-4,9,11-14H2,1-2H3. The summed E-state index contributed by atoms with van der Waals surface area (Å²) < 4.78 is 0. The number of rotatable bonds is 8. The summed E-state index contributed by atoms with van der Waals surface area (Å²) in [7, 11) is 0. The second kappa shape index (κ2) is 12.3. The van der Waals surface area contributed by atoms with Crippen LogP contribution in [0.3, 0.4) is 0 Å². The third-order valence-electron chi connectivity index (χ3n) is 2.06. The zero-order valence-electron chi connectivity index (χ0n) is 9.76. The molecule has 0 saturated carbocycles. The second-order valence-electron chi connectivity index (χ2n) is 3.50. The predicted octanol–water partition coefficient (Wildman–Crippen LogP) is 5.02. The monoisotopic (exact) mass is 192 g/mol. The first-order valence-corrected chi connectivity index (χ1v) is 5.96. The molecule has 0 fully saturated rings. The lowest BCUT2D eigenvalue weighted by Gasteiger charge is -1.93. The quantitative estimate of drug-likeness (QED) is 0.287. The molecule has 0 atom stereocenters. The highest BCUT2D eigenvalue weighted by Crippen LogP contribution is 2.04. The van der Waals surface area contributed by atoms with Crippen molar-refractivity contribution in [3.63, 3.8) is 0 Å². The molecule has 0 heteroatoms. The molecule has 0 aliphatic rings. The summed E-state index contributed by atoms with van der Waals surface area (Å²) in [5, 5.41) is 0. The van der Waals surface area contributed by atoms with Crippen LogP contribution < -0.4 is 0 Å². The van der Waals surface area contributed by atoms with Gasteiger partial charge in [-0.15, -0.1) is 5.73 Å². The molecule has 0 aromatic carbocycles. The summed E-state index contributed by atoms with van der Waals surface area (Å²) in [6.45, 7) is 4.32. The fraction of sp³-hybridized carbons (Fsp3) is 0.643. The van der Waals surface area contributed by atoms with Gasteiger partial charge in [-0.3, -0.25) is 0 Å². The van der Waals surface area contributed by atoms with E-state index >= 15 is 0 Å². The van der Waals surface area contributed by atoms with E-state index in [4.69, 9.17) is 0 Å². The highest BCUT2D eigenvalue weighted by molar-refractivity contribution is 4.84. The van der Waals surface area contributed by atoms with Crippen molar-refractivity contribution in [2.75, 3.05) is 0 Å². The number of hydrogen-bond donors (Lipinski definition) is 0. The molecule has 0 aliphatic heterocycles. The first-order valence-electron chi connectivity index (χ1n) is 5.96. The van der Waals surface area contributed by atoms with Crippen LogP contribution >= 0.6 is 0 Å². The van der Waals surface area contributed by atoms with E-state index in [-0.39, 0.29) is 0 Å². The Balaban J connectivity index is 3.14. The minimum absolute atomic E-state index is 1.10. The van der Waals surface area contributed by atoms with Crippen molar-refractivity contribution in [3.8, 4) is 0 Å². The van der Waals surface area contributed by atoms with Gasteiger partial charge in [-0.1, -0.05) is 32.4 Å². The molecule has 0 amide bonds. The lowest BCUT2D eigenvalue weighted by atomic mass is 10.1. The molecule has 0 N–H and O–H groups in total. The van der Waals surface area contributed by atoms with Crippen molar-refractivity contribution in [2.45, 2.75) is 58.8 Å². The SMILES string of the molecule is CCC=C=CCCCCCC=CCC. The van der Waals surface area contributed by atoms with Crippen molar-refractivity contribution in [1.29, 1.82) is 0 Å². The van der Waals surface area contributed by atoms with Crippen LogP contribution in [0.1, 0.15) is 58.8 Å². The summed E-state index contributed by atoms with van der Waals surface area (Å²) in [6, 6.07) is 0. The largest absolute Gasteiger partial charge is 0.130 e. The maximum atomic E-state index is 3.18. The van der Waals surface area contributed by atoms with Crippen LogP contribution in [-0.2, 0) is 0 Å². The average molecular weight is 192 g/mol. The number of allylic oxidation sites excluding steroid dienone is 3. The molecule has 80 valence electrons. The smallest absolute Gasteiger partial charge is 0.0274 e. The first-order chi connectivity index (χ1) is 6.91. The van der Waals surface area contributed by atoms with Crippen molar-refractivity contribution in [1.82, 2.24) is 0 Å². The van der Waals surface area contributed by atoms with Gasteiger partial charge in [0.25, 0.3) is 0 Å². The van der Waals surface area contributed by atoms with Crippen molar-refractivity contribution in [3.05, 3.63) is 30.0 Å². The summed E-state index contributed by atoms with van der Waals surface area (Å²) in [5.74, 6) is 0. The van der Waals surface area contributed by atoms with Gasteiger partial charge >= 0.3 is 0 Å². The molecule has 0 saturated heterocycles. The molecule has 0 spiro atoms. The molecule has 0 rings (SSSR count). The Bertz CT molecular complexity index is 180. The number of hydrogen-bond acceptors (Lipinski definition) is 0. The van der Waals surface area contributed by atoms with Crippen LogP contribution in [0.4, 0.5) is 0 Å². The molecule has 0 unspecified atom stereocenters. The van der Waals surface area contributed by atoms with E-state index in [1.54, 1.807) is 0 Å². The van der Waals surface area contributed by atoms with Gasteiger partial charge in [-0.25, -0.2) is 0 Å². The Hall–Kier alpha value is -0.740. The van der Waals surface area contributed by atoms with Crippen LogP contribution in [0.25, 0.3) is 0 Å². The van der Waals surface area contributed by atoms with Gasteiger partial charge < -0.3 is 0 Å². The van der Waals surface area contributed by atoms with Crippen molar-refractivity contribution < 1.29 is 0 Å². The Kier molecular flexibility index (Phi) is 11.6. The molecule has 0 aliphatic carbocycles. The van der Waals surface area contributed by atoms with E-state index in [1.807, 2.05) is 0 Å². The van der Waals surface area contributed by atoms with Crippen LogP contribution in [0.15, 0.2) is 30.0 Å². The van der Waals surface area contributed by atoms with Gasteiger partial charge in [0.05, 0.1) is 0 Å². The average Bonchev–Trinajstić information content (AvgIpc) is 2.21. The number of unbranched alkanes of at least 4 members (excludes halogenated alkanes) is 4. The zero-order chi connectivity index (χ0) is 10.5. The van der Waals surface area contributed by atoms with E-state index in [0.29, 0.717) is 0 Å². The van der Waals surface area contributed by atoms with Gasteiger partial charge in [-0.2, -0.15) is 0 Å². The van der Waals surface area contributed by atoms with Crippen LogP contribution in [0.2, 0.25) is 0 Å². The zero-order valence-corrected chi connectivity index (χ0v) is 9.76. The molecular formula is C14H24. The van der Waals surface area contributed by atoms with E-state index in [1.165, 1.54) is 38.5 Å². The Morgan fingerprint density at radius 3 is 2.29 bits per heavy atom. The van der Waals surface area contributed by atoms with Crippen molar-refractivity contribution in [2.24, 2.45) is 0 Å². The topological polar surface area (TPSA) is 0 Å². The predicted molar refractivity (Wildman–Crippen MR) is 65.5 cm³/mol. The summed E-state index contributed by atoms with van der Waals surface area (Å²) in [5.41, 5.74) is 3.18. The van der Waals surface area contributed by atoms with Gasteiger partial charge in [0.2, 0.25) is 0 Å². The van der Waals surface area contributed by atoms with E-state index in [9.17, 15) is 0 Å². The fourth-order valence-corrected chi connectivity index (χ4v) is 1.25. The molecule has 0 aromatic rings. The van der Waals surface area contributed by atoms with Gasteiger partial charge in [-0.05, 0) is 50.7 Å². The molecule has 0 heterocycles. The first kappa shape index (κ1) is 13.3. The highest BCUT2D eigenvalue weighted by atomic mass is 13.9. The van der Waals surface area contributed by atoms with Crippen LogP contribution in [0, 0.1) is 0 Å². The molecule has 14 heavy (non-hydrogen) atoms. The van der Waals surface area contributed by atoms with Crippen LogP contribution in [0.5, 0.6) is 0 Å². The lowest BCUT2D eigenvalue weighted by molar-refractivity contribution is 0.695. The minimum Gasteiger partial charge on any atom is -0.130 e. The molecular weight excluding hydrogens is 168 g/mol. The summed E-state index contributed by atoms with van der Waals surface area (Å²) in [4.78, 5) is 0. The van der Waals surface area contributed by atoms with Crippen molar-refractivity contribution >= 4 is 0 Å². The Morgan fingerprint density at radius 2 is 1.57 bits per heavy atom. The Morgan fingerprint density at radius 1 is 0.786 bits per heavy atom. The third-order valence-corrected chi connectivity index (χ3v) is 2.06. The lowest BCUT2D eigenvalue weighted by Crippen LogP contribution is -1.74. The van der Waals surface area contributed by atoms with Crippen LogP contribution in [-0.4, -0.2) is 0 Å². The van der Waals surface area contributed by atoms with Gasteiger partial charge in [0.1, 0.15) is 0 Å². The fourth-order valence-electron chi connectivity index (χ4n) is 1.25. The summed E-state index contributed by atoms with van der Waals surface area (Å²) >= 11 is 0. The second-order valence-corrected chi connectivity index (χ2v) is 3.50. The Labute approximate surface area is 89.4 Å². The summed E-state index contributed by atoms with van der Waals surface area (Å²) in [6.07, 6.45) is 17.5. The van der Waals surface area contributed by atoms with E-state index in [0.717, 1.165) is 6.42 Å². The van der Waals surface area contributed by atoms with E-state index in [2.05, 4.69) is 43.9 Å². The maximum Gasteiger partial charge on any atom is -0.0274 e. The van der Waals surface area contributed by atoms with E-state index < -0.39 is 0 Å². The minimum atomic E-state index is 1.10. The van der Waals surface area contributed by atoms with Gasteiger partial charge in [0, 0.05) is 0 Å². The highest BCUT2D eigenvalue weighted by Gasteiger charge is 1.84.